The molecule has 4 heterocycles. The number of benzene rings is 1. The van der Waals surface area contributed by atoms with Gasteiger partial charge in [0.1, 0.15) is 18.9 Å². The van der Waals surface area contributed by atoms with Gasteiger partial charge in [-0.1, -0.05) is 12.1 Å². The van der Waals surface area contributed by atoms with Gasteiger partial charge in [0.2, 0.25) is 0 Å². The van der Waals surface area contributed by atoms with Crippen molar-refractivity contribution in [2.24, 2.45) is 0 Å². The van der Waals surface area contributed by atoms with Crippen LogP contribution in [0.15, 0.2) is 54.3 Å². The zero-order valence-corrected chi connectivity index (χ0v) is 20.5. The SMILES string of the molecule is O=C(NCC(F)(F)F)c1cc(-c2cnn3cc(-c4ccc(OCCN5CCOCC5)cc4)cnc23)cs1. The molecule has 0 bridgehead atoms. The summed E-state index contributed by atoms with van der Waals surface area (Å²) in [6.45, 7) is 3.48. The minimum atomic E-state index is -4.46. The lowest BCUT2D eigenvalue weighted by Crippen LogP contribution is -2.38. The van der Waals surface area contributed by atoms with Gasteiger partial charge in [0.05, 0.1) is 24.3 Å². The number of hydrogen-bond donors (Lipinski definition) is 1. The van der Waals surface area contributed by atoms with Crippen molar-refractivity contribution in [1.29, 1.82) is 0 Å². The lowest BCUT2D eigenvalue weighted by Gasteiger charge is -2.26. The highest BCUT2D eigenvalue weighted by Crippen LogP contribution is 2.30. The van der Waals surface area contributed by atoms with Gasteiger partial charge < -0.3 is 14.8 Å². The molecule has 0 radical (unpaired) electrons. The number of alkyl halides is 3. The van der Waals surface area contributed by atoms with Crippen LogP contribution in [0.3, 0.4) is 0 Å². The Kier molecular flexibility index (Phi) is 7.40. The zero-order chi connectivity index (χ0) is 25.8. The first-order valence-electron chi connectivity index (χ1n) is 11.7. The largest absolute Gasteiger partial charge is 0.492 e. The van der Waals surface area contributed by atoms with Crippen LogP contribution < -0.4 is 10.1 Å². The first-order valence-corrected chi connectivity index (χ1v) is 12.5. The predicted molar refractivity (Wildman–Crippen MR) is 133 cm³/mol. The van der Waals surface area contributed by atoms with Crippen molar-refractivity contribution in [2.75, 3.05) is 46.0 Å². The molecule has 5 rings (SSSR count). The quantitative estimate of drug-likeness (QED) is 0.368. The molecule has 4 aromatic rings. The zero-order valence-electron chi connectivity index (χ0n) is 19.7. The molecule has 1 N–H and O–H groups in total. The average molecular weight is 532 g/mol. The summed E-state index contributed by atoms with van der Waals surface area (Å²) in [5, 5.41) is 7.96. The third-order valence-electron chi connectivity index (χ3n) is 5.91. The number of carbonyl (C=O) groups is 1. The lowest BCUT2D eigenvalue weighted by atomic mass is 10.1. The van der Waals surface area contributed by atoms with Crippen LogP contribution in [0.2, 0.25) is 0 Å². The average Bonchev–Trinajstić information content (AvgIpc) is 3.55. The maximum Gasteiger partial charge on any atom is 0.405 e. The van der Waals surface area contributed by atoms with Crippen molar-refractivity contribution in [2.45, 2.75) is 6.18 Å². The van der Waals surface area contributed by atoms with E-state index in [1.165, 1.54) is 0 Å². The number of halogens is 3. The number of carbonyl (C=O) groups excluding carboxylic acids is 1. The second-order valence-electron chi connectivity index (χ2n) is 8.49. The van der Waals surface area contributed by atoms with E-state index in [0.717, 1.165) is 61.1 Å². The fourth-order valence-corrected chi connectivity index (χ4v) is 4.78. The molecule has 1 amide bonds. The van der Waals surface area contributed by atoms with E-state index in [1.807, 2.05) is 35.8 Å². The Morgan fingerprint density at radius 1 is 1.11 bits per heavy atom. The molecular formula is C25H24F3N5O3S. The van der Waals surface area contributed by atoms with E-state index in [2.05, 4.69) is 15.0 Å². The summed E-state index contributed by atoms with van der Waals surface area (Å²) in [4.78, 5) is 19.1. The van der Waals surface area contributed by atoms with Gasteiger partial charge in [0, 0.05) is 43.2 Å². The third kappa shape index (κ3) is 6.27. The molecule has 1 aliphatic rings. The van der Waals surface area contributed by atoms with E-state index >= 15 is 0 Å². The van der Waals surface area contributed by atoms with Crippen molar-refractivity contribution in [3.63, 3.8) is 0 Å². The molecular weight excluding hydrogens is 507 g/mol. The van der Waals surface area contributed by atoms with Gasteiger partial charge in [0.15, 0.2) is 5.65 Å². The van der Waals surface area contributed by atoms with Crippen molar-refractivity contribution >= 4 is 22.9 Å². The number of hydrogen-bond acceptors (Lipinski definition) is 7. The Morgan fingerprint density at radius 2 is 1.89 bits per heavy atom. The number of rotatable bonds is 8. The van der Waals surface area contributed by atoms with Crippen LogP contribution in [0.25, 0.3) is 27.9 Å². The van der Waals surface area contributed by atoms with Crippen LogP contribution in [0.4, 0.5) is 13.2 Å². The number of ether oxygens (including phenoxy) is 2. The van der Waals surface area contributed by atoms with E-state index in [0.29, 0.717) is 23.4 Å². The maximum absolute atomic E-state index is 12.4. The van der Waals surface area contributed by atoms with Crippen LogP contribution in [-0.4, -0.2) is 77.6 Å². The number of thiophene rings is 1. The van der Waals surface area contributed by atoms with Gasteiger partial charge in [-0.3, -0.25) is 9.69 Å². The van der Waals surface area contributed by atoms with Crippen molar-refractivity contribution in [3.05, 3.63) is 59.2 Å². The molecule has 1 fully saturated rings. The molecule has 12 heteroatoms. The Bertz CT molecular complexity index is 1360. The molecule has 1 aromatic carbocycles. The highest BCUT2D eigenvalue weighted by Gasteiger charge is 2.28. The van der Waals surface area contributed by atoms with Gasteiger partial charge in [-0.25, -0.2) is 9.50 Å². The van der Waals surface area contributed by atoms with Crippen LogP contribution in [0.5, 0.6) is 5.75 Å². The van der Waals surface area contributed by atoms with Crippen molar-refractivity contribution in [1.82, 2.24) is 24.8 Å². The topological polar surface area (TPSA) is 81.0 Å². The molecule has 1 saturated heterocycles. The summed E-state index contributed by atoms with van der Waals surface area (Å²) in [6.07, 6.45) is 0.745. The normalized spacial score (nSPS) is 14.7. The summed E-state index contributed by atoms with van der Waals surface area (Å²) < 4.78 is 50.0. The van der Waals surface area contributed by atoms with Crippen LogP contribution in [0, 0.1) is 0 Å². The Labute approximate surface area is 214 Å². The van der Waals surface area contributed by atoms with Gasteiger partial charge in [-0.05, 0) is 34.7 Å². The lowest BCUT2D eigenvalue weighted by molar-refractivity contribution is -0.123. The second-order valence-corrected chi connectivity index (χ2v) is 9.40. The van der Waals surface area contributed by atoms with E-state index < -0.39 is 18.6 Å². The molecule has 0 saturated carbocycles. The first kappa shape index (κ1) is 25.2. The minimum Gasteiger partial charge on any atom is -0.492 e. The highest BCUT2D eigenvalue weighted by atomic mass is 32.1. The Hall–Kier alpha value is -3.48. The van der Waals surface area contributed by atoms with Crippen molar-refractivity contribution < 1.29 is 27.4 Å². The number of nitrogens with zero attached hydrogens (tertiary/aromatic N) is 4. The van der Waals surface area contributed by atoms with Gasteiger partial charge in [-0.15, -0.1) is 11.3 Å². The standard InChI is InChI=1S/C25H24F3N5O3S/c26-25(27,28)16-30-24(34)22-11-18(15-37-22)21-13-31-33-14-19(12-29-23(21)33)17-1-3-20(4-2-17)36-10-7-32-5-8-35-9-6-32/h1-4,11-15H,5-10,16H2,(H,30,34). The second kappa shape index (κ2) is 10.9. The maximum atomic E-state index is 12.4. The summed E-state index contributed by atoms with van der Waals surface area (Å²) in [5.41, 5.74) is 3.73. The first-order chi connectivity index (χ1) is 17.9. The molecule has 0 unspecified atom stereocenters. The Balaban J connectivity index is 1.24. The Morgan fingerprint density at radius 3 is 2.65 bits per heavy atom. The van der Waals surface area contributed by atoms with Gasteiger partial charge >= 0.3 is 6.18 Å². The van der Waals surface area contributed by atoms with Gasteiger partial charge in [-0.2, -0.15) is 18.3 Å². The van der Waals surface area contributed by atoms with Crippen LogP contribution >= 0.6 is 11.3 Å². The summed E-state index contributed by atoms with van der Waals surface area (Å²) in [7, 11) is 0. The number of amides is 1. The summed E-state index contributed by atoms with van der Waals surface area (Å²) >= 11 is 1.07. The summed E-state index contributed by atoms with van der Waals surface area (Å²) in [5.74, 6) is 0.0220. The molecule has 0 spiro atoms. The van der Waals surface area contributed by atoms with Gasteiger partial charge in [0.25, 0.3) is 5.91 Å². The van der Waals surface area contributed by atoms with E-state index in [4.69, 9.17) is 9.47 Å². The molecule has 0 atom stereocenters. The number of aromatic nitrogens is 3. The predicted octanol–water partition coefficient (Wildman–Crippen LogP) is 4.13. The number of fused-ring (bicyclic) bond motifs is 1. The monoisotopic (exact) mass is 531 g/mol. The molecule has 3 aromatic heterocycles. The number of morpholine rings is 1. The van der Waals surface area contributed by atoms with E-state index in [9.17, 15) is 18.0 Å². The molecule has 194 valence electrons. The fraction of sp³-hybridized carbons (Fsp3) is 0.320. The minimum absolute atomic E-state index is 0.183. The molecule has 0 aliphatic carbocycles. The van der Waals surface area contributed by atoms with E-state index in [-0.39, 0.29) is 4.88 Å². The molecule has 37 heavy (non-hydrogen) atoms. The van der Waals surface area contributed by atoms with Crippen LogP contribution in [-0.2, 0) is 4.74 Å². The van der Waals surface area contributed by atoms with E-state index in [1.54, 1.807) is 28.4 Å². The summed E-state index contributed by atoms with van der Waals surface area (Å²) in [6, 6.07) is 9.30. The molecule has 1 aliphatic heterocycles. The highest BCUT2D eigenvalue weighted by molar-refractivity contribution is 7.12. The van der Waals surface area contributed by atoms with Crippen molar-refractivity contribution in [3.8, 4) is 28.0 Å². The third-order valence-corrected chi connectivity index (χ3v) is 6.84. The smallest absolute Gasteiger partial charge is 0.405 e. The molecule has 8 nitrogen and oxygen atoms in total. The van der Waals surface area contributed by atoms with Crippen LogP contribution in [0.1, 0.15) is 9.67 Å². The fourth-order valence-electron chi connectivity index (χ4n) is 3.95. The number of nitrogens with one attached hydrogen (secondary N) is 1.